The molecule has 2 N–H and O–H groups in total. The minimum Gasteiger partial charge on any atom is -0.360 e. The molecule has 0 radical (unpaired) electrons. The number of aromatic amines is 1. The molecule has 0 aliphatic heterocycles. The average molecular weight is 266 g/mol. The van der Waals surface area contributed by atoms with Gasteiger partial charge in [0.05, 0.1) is 5.75 Å². The van der Waals surface area contributed by atoms with Crippen molar-refractivity contribution in [2.75, 3.05) is 11.1 Å². The number of nitrogens with one attached hydrogen (secondary N) is 2. The van der Waals surface area contributed by atoms with E-state index in [0.717, 1.165) is 11.8 Å². The highest BCUT2D eigenvalue weighted by atomic mass is 32.2. The zero-order valence-corrected chi connectivity index (χ0v) is 10.3. The summed E-state index contributed by atoms with van der Waals surface area (Å²) in [6.45, 7) is 1.73. The van der Waals surface area contributed by atoms with Crippen LogP contribution in [0.5, 0.6) is 0 Å². The van der Waals surface area contributed by atoms with E-state index >= 15 is 0 Å². The van der Waals surface area contributed by atoms with Gasteiger partial charge >= 0.3 is 0 Å². The third-order valence-corrected chi connectivity index (χ3v) is 2.77. The number of amides is 1. The van der Waals surface area contributed by atoms with Gasteiger partial charge < -0.3 is 14.8 Å². The Bertz CT molecular complexity index is 607. The van der Waals surface area contributed by atoms with Crippen molar-refractivity contribution in [3.63, 3.8) is 0 Å². The van der Waals surface area contributed by atoms with Gasteiger partial charge in [0.25, 0.3) is 5.56 Å². The first-order valence-electron chi connectivity index (χ1n) is 5.05. The second-order valence-electron chi connectivity index (χ2n) is 3.40. The highest BCUT2D eigenvalue weighted by Crippen LogP contribution is 2.11. The first kappa shape index (κ1) is 12.4. The lowest BCUT2D eigenvalue weighted by Gasteiger charge is -2.00. The molecule has 0 aliphatic carbocycles. The molecule has 0 bridgehead atoms. The van der Waals surface area contributed by atoms with Crippen molar-refractivity contribution in [3.05, 3.63) is 34.4 Å². The number of hydrogen-bond donors (Lipinski definition) is 2. The lowest BCUT2D eigenvalue weighted by atomic mass is 10.5. The summed E-state index contributed by atoms with van der Waals surface area (Å²) in [5.74, 6) is 0.859. The van der Waals surface area contributed by atoms with Crippen LogP contribution in [0.25, 0.3) is 0 Å². The van der Waals surface area contributed by atoms with Crippen molar-refractivity contribution in [1.82, 2.24) is 15.1 Å². The molecule has 0 saturated carbocycles. The Labute approximate surface area is 106 Å². The molecule has 2 heterocycles. The Morgan fingerprint density at radius 1 is 1.61 bits per heavy atom. The fourth-order valence-corrected chi connectivity index (χ4v) is 1.81. The number of nitrogens with zero attached hydrogens (tertiary/aromatic N) is 2. The van der Waals surface area contributed by atoms with E-state index in [-0.39, 0.29) is 17.2 Å². The highest BCUT2D eigenvalue weighted by molar-refractivity contribution is 7.99. The van der Waals surface area contributed by atoms with Crippen LogP contribution < -0.4 is 10.9 Å². The number of H-pyrrole nitrogens is 1. The summed E-state index contributed by atoms with van der Waals surface area (Å²) >= 11 is 1.13. The number of anilines is 1. The second kappa shape index (κ2) is 5.50. The molecule has 0 atom stereocenters. The van der Waals surface area contributed by atoms with Crippen molar-refractivity contribution < 1.29 is 9.32 Å². The average Bonchev–Trinajstić information content (AvgIpc) is 2.72. The number of aromatic nitrogens is 3. The number of hydrogen-bond acceptors (Lipinski definition) is 6. The molecule has 94 valence electrons. The van der Waals surface area contributed by atoms with Crippen LogP contribution in [0, 0.1) is 6.92 Å². The molecule has 0 aliphatic rings. The predicted octanol–water partition coefficient (Wildman–Crippen LogP) is 0.797. The Kier molecular flexibility index (Phi) is 3.78. The Balaban J connectivity index is 1.87. The molecule has 1 amide bonds. The number of thioether (sulfide) groups is 1. The quantitative estimate of drug-likeness (QED) is 0.627. The lowest BCUT2D eigenvalue weighted by Crippen LogP contribution is -2.15. The van der Waals surface area contributed by atoms with Gasteiger partial charge in [-0.15, -0.1) is 0 Å². The molecule has 0 spiro atoms. The van der Waals surface area contributed by atoms with Crippen LogP contribution in [0.1, 0.15) is 5.76 Å². The number of aryl methyl sites for hydroxylation is 1. The van der Waals surface area contributed by atoms with Gasteiger partial charge in [0.2, 0.25) is 5.91 Å². The summed E-state index contributed by atoms with van der Waals surface area (Å²) in [4.78, 5) is 29.0. The molecule has 0 aromatic carbocycles. The molecule has 8 heteroatoms. The largest absolute Gasteiger partial charge is 0.360 e. The van der Waals surface area contributed by atoms with Crippen LogP contribution in [-0.4, -0.2) is 26.8 Å². The van der Waals surface area contributed by atoms with Gasteiger partial charge in [-0.2, -0.15) is 0 Å². The molecule has 0 saturated heterocycles. The van der Waals surface area contributed by atoms with Crippen LogP contribution >= 0.6 is 11.8 Å². The van der Waals surface area contributed by atoms with Crippen LogP contribution in [0.3, 0.4) is 0 Å². The monoisotopic (exact) mass is 266 g/mol. The summed E-state index contributed by atoms with van der Waals surface area (Å²) in [6.07, 6.45) is 1.39. The Hall–Kier alpha value is -2.09. The molecular weight excluding hydrogens is 256 g/mol. The van der Waals surface area contributed by atoms with Crippen LogP contribution in [-0.2, 0) is 4.79 Å². The van der Waals surface area contributed by atoms with Gasteiger partial charge in [0.15, 0.2) is 11.0 Å². The molecule has 18 heavy (non-hydrogen) atoms. The Morgan fingerprint density at radius 2 is 2.44 bits per heavy atom. The fraction of sp³-hybridized carbons (Fsp3) is 0.200. The minimum absolute atomic E-state index is 0.124. The molecular formula is C10H10N4O3S. The summed E-state index contributed by atoms with van der Waals surface area (Å²) in [7, 11) is 0. The van der Waals surface area contributed by atoms with Crippen LogP contribution in [0.2, 0.25) is 0 Å². The van der Waals surface area contributed by atoms with E-state index in [0.29, 0.717) is 16.7 Å². The third-order valence-electron chi connectivity index (χ3n) is 1.88. The zero-order valence-electron chi connectivity index (χ0n) is 9.47. The highest BCUT2D eigenvalue weighted by Gasteiger charge is 2.07. The number of carbonyl (C=O) groups is 1. The number of carbonyl (C=O) groups excluding carboxylic acids is 1. The van der Waals surface area contributed by atoms with Crippen molar-refractivity contribution in [3.8, 4) is 0 Å². The molecule has 2 aromatic heterocycles. The van der Waals surface area contributed by atoms with E-state index in [1.54, 1.807) is 13.0 Å². The van der Waals surface area contributed by atoms with E-state index < -0.39 is 0 Å². The van der Waals surface area contributed by atoms with Gasteiger partial charge in [-0.25, -0.2) is 4.98 Å². The van der Waals surface area contributed by atoms with Gasteiger partial charge in [-0.05, 0) is 6.92 Å². The normalized spacial score (nSPS) is 10.3. The first-order chi connectivity index (χ1) is 8.63. The summed E-state index contributed by atoms with van der Waals surface area (Å²) in [5, 5.41) is 6.60. The summed E-state index contributed by atoms with van der Waals surface area (Å²) < 4.78 is 4.81. The molecule has 0 unspecified atom stereocenters. The topological polar surface area (TPSA) is 101 Å². The van der Waals surface area contributed by atoms with Crippen LogP contribution in [0.15, 0.2) is 32.8 Å². The van der Waals surface area contributed by atoms with E-state index in [4.69, 9.17) is 4.52 Å². The minimum atomic E-state index is -0.250. The van der Waals surface area contributed by atoms with Crippen molar-refractivity contribution in [2.24, 2.45) is 0 Å². The molecule has 2 aromatic rings. The number of rotatable bonds is 4. The van der Waals surface area contributed by atoms with Gasteiger partial charge in [-0.3, -0.25) is 9.59 Å². The van der Waals surface area contributed by atoms with E-state index in [1.807, 2.05) is 0 Å². The van der Waals surface area contributed by atoms with E-state index in [9.17, 15) is 9.59 Å². The van der Waals surface area contributed by atoms with Gasteiger partial charge in [-0.1, -0.05) is 16.9 Å². The predicted molar refractivity (Wildman–Crippen MR) is 65.5 cm³/mol. The van der Waals surface area contributed by atoms with Crippen molar-refractivity contribution >= 4 is 23.5 Å². The van der Waals surface area contributed by atoms with E-state index in [2.05, 4.69) is 20.4 Å². The first-order valence-corrected chi connectivity index (χ1v) is 6.03. The SMILES string of the molecule is Cc1cc(NC(=O)CSc2nccc(=O)[nH]2)no1. The molecule has 2 rings (SSSR count). The summed E-state index contributed by atoms with van der Waals surface area (Å²) in [5.41, 5.74) is -0.250. The maximum atomic E-state index is 11.5. The third kappa shape index (κ3) is 3.45. The molecule has 7 nitrogen and oxygen atoms in total. The Morgan fingerprint density at radius 3 is 3.11 bits per heavy atom. The second-order valence-corrected chi connectivity index (χ2v) is 4.36. The smallest absolute Gasteiger partial charge is 0.251 e. The lowest BCUT2D eigenvalue weighted by molar-refractivity contribution is -0.113. The van der Waals surface area contributed by atoms with Crippen molar-refractivity contribution in [1.29, 1.82) is 0 Å². The summed E-state index contributed by atoms with van der Waals surface area (Å²) in [6, 6.07) is 2.92. The van der Waals surface area contributed by atoms with E-state index in [1.165, 1.54) is 12.3 Å². The standard InChI is InChI=1S/C10H10N4O3S/c1-6-4-7(14-17-6)12-9(16)5-18-10-11-3-2-8(15)13-10/h2-4H,5H2,1H3,(H,11,13,15)(H,12,14,16). The van der Waals surface area contributed by atoms with Gasteiger partial charge in [0, 0.05) is 18.3 Å². The van der Waals surface area contributed by atoms with Crippen molar-refractivity contribution in [2.45, 2.75) is 12.1 Å². The maximum Gasteiger partial charge on any atom is 0.251 e. The maximum absolute atomic E-state index is 11.5. The van der Waals surface area contributed by atoms with Gasteiger partial charge in [0.1, 0.15) is 5.76 Å². The zero-order chi connectivity index (χ0) is 13.0. The van der Waals surface area contributed by atoms with Crippen LogP contribution in [0.4, 0.5) is 5.82 Å². The fourth-order valence-electron chi connectivity index (χ4n) is 1.16. The molecule has 0 fully saturated rings.